The predicted molar refractivity (Wildman–Crippen MR) is 134 cm³/mol. The van der Waals surface area contributed by atoms with E-state index in [1.54, 1.807) is 36.7 Å². The number of amides is 1. The van der Waals surface area contributed by atoms with E-state index in [0.29, 0.717) is 18.1 Å². The maximum absolute atomic E-state index is 12.9. The molecule has 0 radical (unpaired) electrons. The highest BCUT2D eigenvalue weighted by Gasteiger charge is 2.10. The van der Waals surface area contributed by atoms with Crippen molar-refractivity contribution in [1.29, 1.82) is 5.26 Å². The largest absolute Gasteiger partial charge is 0.325 e. The molecule has 0 atom stereocenters. The zero-order chi connectivity index (χ0) is 23.6. The summed E-state index contributed by atoms with van der Waals surface area (Å²) in [5.74, 6) is 0.137. The third kappa shape index (κ3) is 5.84. The Morgan fingerprint density at radius 3 is 2.29 bits per heavy atom. The van der Waals surface area contributed by atoms with Crippen LogP contribution in [0.1, 0.15) is 15.9 Å². The number of aromatic nitrogens is 1. The van der Waals surface area contributed by atoms with Crippen LogP contribution < -0.4 is 16.0 Å². The maximum atomic E-state index is 12.9. The molecule has 4 rings (SSSR count). The Morgan fingerprint density at radius 2 is 1.56 bits per heavy atom. The highest BCUT2D eigenvalue weighted by Crippen LogP contribution is 2.28. The molecule has 0 spiro atoms. The summed E-state index contributed by atoms with van der Waals surface area (Å²) in [7, 11) is 0. The van der Waals surface area contributed by atoms with Gasteiger partial charge in [-0.25, -0.2) is 4.99 Å². The number of hydrogen-bond acceptors (Lipinski definition) is 4. The molecule has 0 bridgehead atoms. The van der Waals surface area contributed by atoms with Crippen LogP contribution in [0.2, 0.25) is 0 Å². The molecule has 0 fully saturated rings. The topological polar surface area (TPSA) is 102 Å². The van der Waals surface area contributed by atoms with Crippen molar-refractivity contribution in [1.82, 2.24) is 10.3 Å². The number of aliphatic imine (C=N–C) groups is 1. The van der Waals surface area contributed by atoms with Gasteiger partial charge in [0.1, 0.15) is 0 Å². The molecule has 1 aromatic heterocycles. The van der Waals surface area contributed by atoms with Gasteiger partial charge in [-0.1, -0.05) is 60.7 Å². The summed E-state index contributed by atoms with van der Waals surface area (Å²) in [6.45, 7) is 0.334. The average Bonchev–Trinajstić information content (AvgIpc) is 2.89. The molecule has 3 aromatic carbocycles. The number of anilines is 2. The molecule has 1 amide bonds. The first-order chi connectivity index (χ1) is 16.7. The van der Waals surface area contributed by atoms with Crippen LogP contribution in [0.25, 0.3) is 11.1 Å². The summed E-state index contributed by atoms with van der Waals surface area (Å²) < 4.78 is 0. The standard InChI is InChI=1S/C27H22N6O/c28-19-31-27(32-23-14-16-29-17-15-23)30-18-20-10-12-22(13-11-20)26(34)33-25-9-5-4-8-24(25)21-6-2-1-3-7-21/h1-17H,18H2,(H,33,34)(H2,29,30,31,32). The summed E-state index contributed by atoms with van der Waals surface area (Å²) in [6.07, 6.45) is 5.17. The molecule has 166 valence electrons. The van der Waals surface area contributed by atoms with E-state index >= 15 is 0 Å². The van der Waals surface area contributed by atoms with E-state index < -0.39 is 0 Å². The van der Waals surface area contributed by atoms with Gasteiger partial charge in [0.2, 0.25) is 5.96 Å². The third-order valence-electron chi connectivity index (χ3n) is 5.01. The summed E-state index contributed by atoms with van der Waals surface area (Å²) in [4.78, 5) is 21.2. The minimum Gasteiger partial charge on any atom is -0.325 e. The fraction of sp³-hybridized carbons (Fsp3) is 0.0370. The van der Waals surface area contributed by atoms with Crippen LogP contribution in [0.4, 0.5) is 11.4 Å². The first-order valence-corrected chi connectivity index (χ1v) is 10.6. The summed E-state index contributed by atoms with van der Waals surface area (Å²) in [6, 6.07) is 28.4. The van der Waals surface area contributed by atoms with Crippen molar-refractivity contribution in [2.45, 2.75) is 6.54 Å². The molecule has 0 saturated carbocycles. The van der Waals surface area contributed by atoms with Crippen molar-refractivity contribution < 1.29 is 4.79 Å². The summed E-state index contributed by atoms with van der Waals surface area (Å²) >= 11 is 0. The van der Waals surface area contributed by atoms with Crippen molar-refractivity contribution in [3.8, 4) is 17.3 Å². The molecular formula is C27H22N6O. The number of carbonyl (C=O) groups is 1. The van der Waals surface area contributed by atoms with Crippen molar-refractivity contribution in [2.75, 3.05) is 10.6 Å². The number of pyridine rings is 1. The first kappa shape index (κ1) is 22.2. The number of para-hydroxylation sites is 1. The Bertz CT molecular complexity index is 1310. The second-order valence-corrected chi connectivity index (χ2v) is 7.33. The van der Waals surface area contributed by atoms with E-state index in [2.05, 4.69) is 25.9 Å². The van der Waals surface area contributed by atoms with Gasteiger partial charge >= 0.3 is 0 Å². The highest BCUT2D eigenvalue weighted by molar-refractivity contribution is 6.06. The molecule has 3 N–H and O–H groups in total. The van der Waals surface area contributed by atoms with Crippen LogP contribution in [0.15, 0.2) is 108 Å². The van der Waals surface area contributed by atoms with Crippen LogP contribution in [0.3, 0.4) is 0 Å². The zero-order valence-corrected chi connectivity index (χ0v) is 18.3. The molecule has 0 aliphatic carbocycles. The van der Waals surface area contributed by atoms with Crippen molar-refractivity contribution in [3.63, 3.8) is 0 Å². The van der Waals surface area contributed by atoms with E-state index in [-0.39, 0.29) is 5.91 Å². The monoisotopic (exact) mass is 446 g/mol. The predicted octanol–water partition coefficient (Wildman–Crippen LogP) is 5.04. The number of benzene rings is 3. The molecule has 34 heavy (non-hydrogen) atoms. The number of nitriles is 1. The minimum absolute atomic E-state index is 0.190. The second kappa shape index (κ2) is 11.1. The Kier molecular flexibility index (Phi) is 7.24. The lowest BCUT2D eigenvalue weighted by molar-refractivity contribution is 0.102. The SMILES string of the molecule is N#CNC(=NCc1ccc(C(=O)Nc2ccccc2-c2ccccc2)cc1)Nc1ccncc1. The number of nitrogens with one attached hydrogen (secondary N) is 3. The summed E-state index contributed by atoms with van der Waals surface area (Å²) in [5.41, 5.74) is 4.95. The fourth-order valence-electron chi connectivity index (χ4n) is 3.32. The second-order valence-electron chi connectivity index (χ2n) is 7.33. The number of hydrogen-bond donors (Lipinski definition) is 3. The van der Waals surface area contributed by atoms with Crippen molar-refractivity contribution >= 4 is 23.2 Å². The van der Waals surface area contributed by atoms with Crippen LogP contribution in [0, 0.1) is 11.5 Å². The fourth-order valence-corrected chi connectivity index (χ4v) is 3.32. The van der Waals surface area contributed by atoms with Gasteiger partial charge in [-0.2, -0.15) is 5.26 Å². The molecule has 1 heterocycles. The molecule has 7 nitrogen and oxygen atoms in total. The number of carbonyl (C=O) groups excluding carboxylic acids is 1. The lowest BCUT2D eigenvalue weighted by Gasteiger charge is -2.12. The van der Waals surface area contributed by atoms with E-state index in [9.17, 15) is 4.79 Å². The van der Waals surface area contributed by atoms with Gasteiger partial charge in [0.05, 0.1) is 6.54 Å². The van der Waals surface area contributed by atoms with Crippen LogP contribution in [-0.2, 0) is 6.54 Å². The van der Waals surface area contributed by atoms with Gasteiger partial charge in [-0.3, -0.25) is 15.1 Å². The van der Waals surface area contributed by atoms with E-state index in [1.807, 2.05) is 72.9 Å². The molecule has 0 aliphatic heterocycles. The Hall–Kier alpha value is -4.96. The smallest absolute Gasteiger partial charge is 0.255 e. The average molecular weight is 447 g/mol. The molecule has 7 heteroatoms. The number of rotatable bonds is 6. The van der Waals surface area contributed by atoms with E-state index in [4.69, 9.17) is 5.26 Å². The molecule has 0 unspecified atom stereocenters. The van der Waals surface area contributed by atoms with Gasteiger partial charge in [0.15, 0.2) is 6.19 Å². The van der Waals surface area contributed by atoms with E-state index in [1.165, 1.54) is 0 Å². The van der Waals surface area contributed by atoms with Crippen LogP contribution in [-0.4, -0.2) is 16.9 Å². The zero-order valence-electron chi connectivity index (χ0n) is 18.3. The van der Waals surface area contributed by atoms with Crippen LogP contribution >= 0.6 is 0 Å². The lowest BCUT2D eigenvalue weighted by atomic mass is 10.0. The maximum Gasteiger partial charge on any atom is 0.255 e. The molecule has 4 aromatic rings. The normalized spacial score (nSPS) is 10.7. The third-order valence-corrected chi connectivity index (χ3v) is 5.01. The first-order valence-electron chi connectivity index (χ1n) is 10.6. The minimum atomic E-state index is -0.190. The van der Waals surface area contributed by atoms with Gasteiger partial charge in [0, 0.05) is 34.9 Å². The Labute approximate surface area is 197 Å². The molecule has 0 aliphatic rings. The van der Waals surface area contributed by atoms with Gasteiger partial charge in [-0.05, 0) is 41.5 Å². The van der Waals surface area contributed by atoms with Gasteiger partial charge in [0.25, 0.3) is 5.91 Å². The number of nitrogens with zero attached hydrogens (tertiary/aromatic N) is 3. The van der Waals surface area contributed by atoms with E-state index in [0.717, 1.165) is 28.1 Å². The lowest BCUT2D eigenvalue weighted by Crippen LogP contribution is -2.26. The Morgan fingerprint density at radius 1 is 0.853 bits per heavy atom. The quantitative estimate of drug-likeness (QED) is 0.167. The van der Waals surface area contributed by atoms with Gasteiger partial charge < -0.3 is 10.6 Å². The van der Waals surface area contributed by atoms with Crippen LogP contribution in [0.5, 0.6) is 0 Å². The Balaban J connectivity index is 1.43. The molecular weight excluding hydrogens is 424 g/mol. The van der Waals surface area contributed by atoms with Crippen molar-refractivity contribution in [3.05, 3.63) is 115 Å². The molecule has 0 saturated heterocycles. The number of guanidine groups is 1. The highest BCUT2D eigenvalue weighted by atomic mass is 16.1. The summed E-state index contributed by atoms with van der Waals surface area (Å²) in [5, 5.41) is 17.6. The van der Waals surface area contributed by atoms with Crippen molar-refractivity contribution in [2.24, 2.45) is 4.99 Å². The van der Waals surface area contributed by atoms with Gasteiger partial charge in [-0.15, -0.1) is 0 Å².